The number of amides is 1. The third-order valence-corrected chi connectivity index (χ3v) is 5.69. The first kappa shape index (κ1) is 21.3. The minimum absolute atomic E-state index is 0.0403. The molecule has 156 valence electrons. The Morgan fingerprint density at radius 2 is 1.86 bits per heavy atom. The van der Waals surface area contributed by atoms with Crippen molar-refractivity contribution < 1.29 is 4.79 Å². The Labute approximate surface area is 176 Å². The van der Waals surface area contributed by atoms with E-state index in [0.29, 0.717) is 17.0 Å². The third-order valence-electron chi connectivity index (χ3n) is 4.83. The Kier molecular flexibility index (Phi) is 7.24. The molecule has 1 aliphatic carbocycles. The number of nitrogens with one attached hydrogen (secondary N) is 2. The fourth-order valence-corrected chi connectivity index (χ4v) is 4.03. The molecule has 8 nitrogen and oxygen atoms in total. The molecule has 1 saturated carbocycles. The topological polar surface area (TPSA) is 95.9 Å². The van der Waals surface area contributed by atoms with Crippen molar-refractivity contribution in [2.45, 2.75) is 56.8 Å². The van der Waals surface area contributed by atoms with Crippen molar-refractivity contribution in [2.75, 3.05) is 30.1 Å². The highest BCUT2D eigenvalue weighted by Crippen LogP contribution is 2.23. The molecule has 0 radical (unpaired) electrons. The largest absolute Gasteiger partial charge is 0.367 e. The lowest BCUT2D eigenvalue weighted by Crippen LogP contribution is -2.41. The second kappa shape index (κ2) is 9.87. The molecule has 2 aromatic heterocycles. The van der Waals surface area contributed by atoms with Crippen LogP contribution in [0.1, 0.15) is 37.2 Å². The van der Waals surface area contributed by atoms with Crippen LogP contribution in [0.3, 0.4) is 0 Å². The lowest BCUT2D eigenvalue weighted by Gasteiger charge is -2.30. The summed E-state index contributed by atoms with van der Waals surface area (Å²) in [6, 6.07) is 4.41. The molecule has 2 heterocycles. The molecule has 9 heteroatoms. The number of hydrogen-bond donors (Lipinski definition) is 2. The van der Waals surface area contributed by atoms with E-state index in [2.05, 4.69) is 30.6 Å². The van der Waals surface area contributed by atoms with E-state index in [1.807, 2.05) is 45.0 Å². The number of hydrogen-bond acceptors (Lipinski definition) is 8. The second-order valence-electron chi connectivity index (χ2n) is 7.58. The van der Waals surface area contributed by atoms with Gasteiger partial charge < -0.3 is 15.5 Å². The second-order valence-corrected chi connectivity index (χ2v) is 8.53. The minimum atomic E-state index is 0.0403. The molecule has 2 aromatic rings. The van der Waals surface area contributed by atoms with Crippen molar-refractivity contribution in [1.82, 2.24) is 25.3 Å². The van der Waals surface area contributed by atoms with Crippen molar-refractivity contribution in [2.24, 2.45) is 0 Å². The van der Waals surface area contributed by atoms with Crippen LogP contribution in [0.5, 0.6) is 0 Å². The summed E-state index contributed by atoms with van der Waals surface area (Å²) in [7, 11) is 3.95. The van der Waals surface area contributed by atoms with E-state index >= 15 is 0 Å². The monoisotopic (exact) mass is 415 g/mol. The molecule has 0 bridgehead atoms. The normalized spacial score (nSPS) is 18.9. The molecule has 1 amide bonds. The smallest absolute Gasteiger partial charge is 0.230 e. The standard InChI is InChI=1S/C20H29N7OS/c1-13-9-10-21-20(22-13)29-12-19(28)26-16-7-5-15(6-8-16)25-17-11-18(27(3)4)24-14(2)23-17/h9-11,15-16H,5-8,12H2,1-4H3,(H,26,28)(H,23,24,25). The van der Waals surface area contributed by atoms with Crippen LogP contribution >= 0.6 is 11.8 Å². The Balaban J connectivity index is 1.43. The maximum absolute atomic E-state index is 12.3. The van der Waals surface area contributed by atoms with Crippen LogP contribution < -0.4 is 15.5 Å². The molecule has 3 rings (SSSR count). The summed E-state index contributed by atoms with van der Waals surface area (Å²) in [5.41, 5.74) is 0.908. The van der Waals surface area contributed by atoms with Crippen molar-refractivity contribution in [3.63, 3.8) is 0 Å². The molecule has 0 spiro atoms. The quantitative estimate of drug-likeness (QED) is 0.526. The van der Waals surface area contributed by atoms with Gasteiger partial charge in [0.1, 0.15) is 17.5 Å². The van der Waals surface area contributed by atoms with Gasteiger partial charge in [-0.3, -0.25) is 4.79 Å². The molecule has 0 unspecified atom stereocenters. The summed E-state index contributed by atoms with van der Waals surface area (Å²) in [5.74, 6) is 2.90. The Bertz CT molecular complexity index is 837. The summed E-state index contributed by atoms with van der Waals surface area (Å²) in [6.45, 7) is 3.83. The van der Waals surface area contributed by atoms with Gasteiger partial charge in [-0.25, -0.2) is 19.9 Å². The van der Waals surface area contributed by atoms with E-state index in [1.165, 1.54) is 11.8 Å². The first-order chi connectivity index (χ1) is 13.9. The molecule has 0 aromatic carbocycles. The summed E-state index contributed by atoms with van der Waals surface area (Å²) in [6.07, 6.45) is 5.63. The molecular formula is C20H29N7OS. The summed E-state index contributed by atoms with van der Waals surface area (Å²) in [5, 5.41) is 7.32. The molecule has 0 aliphatic heterocycles. The average molecular weight is 416 g/mol. The van der Waals surface area contributed by atoms with E-state index in [-0.39, 0.29) is 11.9 Å². The first-order valence-corrected chi connectivity index (χ1v) is 10.9. The number of carbonyl (C=O) groups excluding carboxylic acids is 1. The van der Waals surface area contributed by atoms with Crippen LogP contribution in [0.15, 0.2) is 23.5 Å². The molecule has 29 heavy (non-hydrogen) atoms. The van der Waals surface area contributed by atoms with Gasteiger partial charge in [-0.1, -0.05) is 11.8 Å². The van der Waals surface area contributed by atoms with Crippen LogP contribution in [0.25, 0.3) is 0 Å². The highest BCUT2D eigenvalue weighted by molar-refractivity contribution is 7.99. The molecular weight excluding hydrogens is 386 g/mol. The zero-order valence-corrected chi connectivity index (χ0v) is 18.3. The van der Waals surface area contributed by atoms with Gasteiger partial charge in [0.05, 0.1) is 5.75 Å². The first-order valence-electron chi connectivity index (χ1n) is 9.90. The zero-order valence-electron chi connectivity index (χ0n) is 17.5. The molecule has 1 aliphatic rings. The van der Waals surface area contributed by atoms with Crippen LogP contribution in [0.2, 0.25) is 0 Å². The molecule has 1 fully saturated rings. The van der Waals surface area contributed by atoms with E-state index in [4.69, 9.17) is 0 Å². The van der Waals surface area contributed by atoms with Gasteiger partial charge in [0.25, 0.3) is 0 Å². The maximum atomic E-state index is 12.3. The van der Waals surface area contributed by atoms with E-state index in [9.17, 15) is 4.79 Å². The highest BCUT2D eigenvalue weighted by atomic mass is 32.2. The average Bonchev–Trinajstić information content (AvgIpc) is 2.67. The van der Waals surface area contributed by atoms with Gasteiger partial charge in [-0.15, -0.1) is 0 Å². The fourth-order valence-electron chi connectivity index (χ4n) is 3.34. The Hall–Kier alpha value is -2.42. The maximum Gasteiger partial charge on any atom is 0.230 e. The number of anilines is 2. The van der Waals surface area contributed by atoms with Gasteiger partial charge >= 0.3 is 0 Å². The zero-order chi connectivity index (χ0) is 20.8. The minimum Gasteiger partial charge on any atom is -0.367 e. The summed E-state index contributed by atoms with van der Waals surface area (Å²) in [4.78, 5) is 31.7. The SMILES string of the molecule is Cc1ccnc(SCC(=O)NC2CCC(Nc3cc(N(C)C)nc(C)n3)CC2)n1. The van der Waals surface area contributed by atoms with Crippen LogP contribution in [-0.2, 0) is 4.79 Å². The fraction of sp³-hybridized carbons (Fsp3) is 0.550. The predicted molar refractivity (Wildman–Crippen MR) is 116 cm³/mol. The van der Waals surface area contributed by atoms with Crippen molar-refractivity contribution in [3.8, 4) is 0 Å². The summed E-state index contributed by atoms with van der Waals surface area (Å²) < 4.78 is 0. The number of aromatic nitrogens is 4. The van der Waals surface area contributed by atoms with E-state index < -0.39 is 0 Å². The molecule has 0 atom stereocenters. The third kappa shape index (κ3) is 6.56. The van der Waals surface area contributed by atoms with Crippen molar-refractivity contribution >= 4 is 29.3 Å². The van der Waals surface area contributed by atoms with Crippen molar-refractivity contribution in [1.29, 1.82) is 0 Å². The van der Waals surface area contributed by atoms with Gasteiger partial charge in [-0.05, 0) is 45.6 Å². The number of nitrogens with zero attached hydrogens (tertiary/aromatic N) is 5. The van der Waals surface area contributed by atoms with Gasteiger partial charge in [-0.2, -0.15) is 0 Å². The lowest BCUT2D eigenvalue weighted by atomic mass is 9.91. The predicted octanol–water partition coefficient (Wildman–Crippen LogP) is 2.58. The van der Waals surface area contributed by atoms with Gasteiger partial charge in [0, 0.05) is 44.1 Å². The number of carbonyl (C=O) groups is 1. The summed E-state index contributed by atoms with van der Waals surface area (Å²) >= 11 is 1.37. The van der Waals surface area contributed by atoms with E-state index in [1.54, 1.807) is 6.20 Å². The molecule has 0 saturated heterocycles. The molecule has 2 N–H and O–H groups in total. The lowest BCUT2D eigenvalue weighted by molar-refractivity contribution is -0.119. The van der Waals surface area contributed by atoms with Gasteiger partial charge in [0.2, 0.25) is 5.91 Å². The van der Waals surface area contributed by atoms with E-state index in [0.717, 1.165) is 48.8 Å². The number of rotatable bonds is 7. The van der Waals surface area contributed by atoms with Crippen molar-refractivity contribution in [3.05, 3.63) is 29.8 Å². The van der Waals surface area contributed by atoms with Gasteiger partial charge in [0.15, 0.2) is 5.16 Å². The number of aryl methyl sites for hydroxylation is 2. The Morgan fingerprint density at radius 3 is 2.55 bits per heavy atom. The van der Waals surface area contributed by atoms with Crippen LogP contribution in [0.4, 0.5) is 11.6 Å². The van der Waals surface area contributed by atoms with Crippen LogP contribution in [0, 0.1) is 13.8 Å². The number of thioether (sulfide) groups is 1. The van der Waals surface area contributed by atoms with Crippen LogP contribution in [-0.4, -0.2) is 57.8 Å². The Morgan fingerprint density at radius 1 is 1.14 bits per heavy atom. The highest BCUT2D eigenvalue weighted by Gasteiger charge is 2.23.